The van der Waals surface area contributed by atoms with Gasteiger partial charge in [0.2, 0.25) is 0 Å². The maximum absolute atomic E-state index is 5.52. The van der Waals surface area contributed by atoms with Crippen LogP contribution in [0.25, 0.3) is 10.1 Å². The van der Waals surface area contributed by atoms with Gasteiger partial charge in [0.05, 0.1) is 6.04 Å². The number of nitrogens with two attached hydrogens (primary N) is 1. The van der Waals surface area contributed by atoms with Crippen molar-refractivity contribution in [2.75, 3.05) is 0 Å². The van der Waals surface area contributed by atoms with Gasteiger partial charge in [-0.2, -0.15) is 0 Å². The highest BCUT2D eigenvalue weighted by atomic mass is 32.1. The lowest BCUT2D eigenvalue weighted by atomic mass is 10.1. The van der Waals surface area contributed by atoms with E-state index in [1.165, 1.54) is 15.0 Å². The summed E-state index contributed by atoms with van der Waals surface area (Å²) in [4.78, 5) is 1.21. The highest BCUT2D eigenvalue weighted by molar-refractivity contribution is 7.19. The van der Waals surface area contributed by atoms with Crippen molar-refractivity contribution in [3.63, 3.8) is 0 Å². The van der Waals surface area contributed by atoms with Gasteiger partial charge in [0.15, 0.2) is 0 Å². The van der Waals surface area contributed by atoms with Crippen LogP contribution in [-0.4, -0.2) is 0 Å². The highest BCUT2D eigenvalue weighted by Gasteiger charge is 2.12. The van der Waals surface area contributed by atoms with Gasteiger partial charge in [-0.15, -0.1) is 11.3 Å². The van der Waals surface area contributed by atoms with Crippen LogP contribution in [-0.2, 0) is 0 Å². The van der Waals surface area contributed by atoms with Crippen LogP contribution in [0, 0.1) is 0 Å². The van der Waals surface area contributed by atoms with Gasteiger partial charge in [-0.3, -0.25) is 5.84 Å². The molecular weight excluding hydrogens is 204 g/mol. The minimum absolute atomic E-state index is 0.0578. The third-order valence-corrected chi connectivity index (χ3v) is 3.57. The Kier molecular flexibility index (Phi) is 2.86. The molecule has 78 valence electrons. The van der Waals surface area contributed by atoms with E-state index in [2.05, 4.69) is 30.2 Å². The molecule has 2 aromatic rings. The van der Waals surface area contributed by atoms with Crippen LogP contribution in [0.1, 0.15) is 17.8 Å². The summed E-state index contributed by atoms with van der Waals surface area (Å²) in [6.45, 7) is 5.92. The largest absolute Gasteiger partial charge is 0.271 e. The molecule has 0 radical (unpaired) electrons. The number of rotatable bonds is 3. The molecule has 1 atom stereocenters. The Morgan fingerprint density at radius 3 is 2.80 bits per heavy atom. The zero-order valence-electron chi connectivity index (χ0n) is 8.66. The third-order valence-electron chi connectivity index (χ3n) is 2.39. The molecule has 2 nitrogen and oxygen atoms in total. The molecule has 1 aromatic carbocycles. The standard InChI is InChI=1S/C12H14N2S/c1-8(2)12(14-13)11-7-9-5-3-4-6-10(9)15-11/h3-7,12,14H,1,13H2,2H3. The summed E-state index contributed by atoms with van der Waals surface area (Å²) in [5, 5.41) is 1.26. The number of fused-ring (bicyclic) bond motifs is 1. The van der Waals surface area contributed by atoms with Gasteiger partial charge in [-0.25, -0.2) is 5.43 Å². The summed E-state index contributed by atoms with van der Waals surface area (Å²) in [7, 11) is 0. The number of hydrogen-bond acceptors (Lipinski definition) is 3. The van der Waals surface area contributed by atoms with Gasteiger partial charge in [0.25, 0.3) is 0 Å². The van der Waals surface area contributed by atoms with Gasteiger partial charge >= 0.3 is 0 Å². The minimum atomic E-state index is 0.0578. The molecule has 0 amide bonds. The molecule has 0 aliphatic carbocycles. The normalized spacial score (nSPS) is 12.9. The molecule has 0 aliphatic heterocycles. The van der Waals surface area contributed by atoms with Crippen molar-refractivity contribution >= 4 is 21.4 Å². The summed E-state index contributed by atoms with van der Waals surface area (Å²) in [6.07, 6.45) is 0. The second-order valence-corrected chi connectivity index (χ2v) is 4.75. The van der Waals surface area contributed by atoms with E-state index in [0.717, 1.165) is 5.57 Å². The number of nitrogens with one attached hydrogen (secondary N) is 1. The molecular formula is C12H14N2S. The molecule has 0 bridgehead atoms. The van der Waals surface area contributed by atoms with Crippen LogP contribution in [0.5, 0.6) is 0 Å². The zero-order chi connectivity index (χ0) is 10.8. The quantitative estimate of drug-likeness (QED) is 0.472. The van der Waals surface area contributed by atoms with Crippen LogP contribution < -0.4 is 11.3 Å². The van der Waals surface area contributed by atoms with Gasteiger partial charge in [-0.1, -0.05) is 30.4 Å². The van der Waals surface area contributed by atoms with Crippen molar-refractivity contribution in [3.05, 3.63) is 47.4 Å². The lowest BCUT2D eigenvalue weighted by Crippen LogP contribution is -2.27. The second kappa shape index (κ2) is 4.14. The van der Waals surface area contributed by atoms with Crippen LogP contribution in [0.15, 0.2) is 42.5 Å². The summed E-state index contributed by atoms with van der Waals surface area (Å²) < 4.78 is 1.29. The molecule has 0 aliphatic rings. The third kappa shape index (κ3) is 1.95. The number of thiophene rings is 1. The maximum Gasteiger partial charge on any atom is 0.0757 e. The molecule has 1 heterocycles. The zero-order valence-corrected chi connectivity index (χ0v) is 9.47. The Labute approximate surface area is 93.4 Å². The SMILES string of the molecule is C=C(C)C(NN)c1cc2ccccc2s1. The first-order valence-electron chi connectivity index (χ1n) is 4.82. The van der Waals surface area contributed by atoms with Crippen molar-refractivity contribution in [2.45, 2.75) is 13.0 Å². The van der Waals surface area contributed by atoms with E-state index in [1.807, 2.05) is 19.1 Å². The lowest BCUT2D eigenvalue weighted by Gasteiger charge is -2.13. The molecule has 0 saturated heterocycles. The minimum Gasteiger partial charge on any atom is -0.271 e. The van der Waals surface area contributed by atoms with Crippen molar-refractivity contribution in [3.8, 4) is 0 Å². The lowest BCUT2D eigenvalue weighted by molar-refractivity contribution is 0.637. The summed E-state index contributed by atoms with van der Waals surface area (Å²) in [5.41, 5.74) is 3.82. The average molecular weight is 218 g/mol. The van der Waals surface area contributed by atoms with Crippen molar-refractivity contribution in [1.82, 2.24) is 5.43 Å². The monoisotopic (exact) mass is 218 g/mol. The Balaban J connectivity index is 2.47. The molecule has 15 heavy (non-hydrogen) atoms. The fourth-order valence-electron chi connectivity index (χ4n) is 1.61. The van der Waals surface area contributed by atoms with E-state index >= 15 is 0 Å². The Hall–Kier alpha value is -1.16. The first-order chi connectivity index (χ1) is 7.22. The first-order valence-corrected chi connectivity index (χ1v) is 5.64. The van der Waals surface area contributed by atoms with Crippen molar-refractivity contribution in [2.24, 2.45) is 5.84 Å². The highest BCUT2D eigenvalue weighted by Crippen LogP contribution is 2.31. The number of benzene rings is 1. The summed E-state index contributed by atoms with van der Waals surface area (Å²) >= 11 is 1.75. The Morgan fingerprint density at radius 1 is 1.47 bits per heavy atom. The van der Waals surface area contributed by atoms with E-state index in [0.29, 0.717) is 0 Å². The summed E-state index contributed by atoms with van der Waals surface area (Å²) in [5.74, 6) is 5.52. The number of hydrazine groups is 1. The molecule has 2 rings (SSSR count). The summed E-state index contributed by atoms with van der Waals surface area (Å²) in [6, 6.07) is 10.6. The smallest absolute Gasteiger partial charge is 0.0757 e. The molecule has 3 N–H and O–H groups in total. The molecule has 1 unspecified atom stereocenters. The van der Waals surface area contributed by atoms with Crippen molar-refractivity contribution in [1.29, 1.82) is 0 Å². The molecule has 3 heteroatoms. The average Bonchev–Trinajstić information content (AvgIpc) is 2.61. The number of hydrogen-bond donors (Lipinski definition) is 2. The predicted octanol–water partition coefficient (Wildman–Crippen LogP) is 2.98. The van der Waals surface area contributed by atoms with Crippen molar-refractivity contribution < 1.29 is 0 Å². The van der Waals surface area contributed by atoms with Crippen LogP contribution in [0.4, 0.5) is 0 Å². The van der Waals surface area contributed by atoms with Gasteiger partial charge in [-0.05, 0) is 24.4 Å². The predicted molar refractivity (Wildman–Crippen MR) is 66.7 cm³/mol. The Bertz CT molecular complexity index is 454. The first kappa shape index (κ1) is 10.4. The van der Waals surface area contributed by atoms with Gasteiger partial charge in [0, 0.05) is 9.58 Å². The van der Waals surface area contributed by atoms with E-state index in [1.54, 1.807) is 11.3 Å². The molecule has 1 aromatic heterocycles. The maximum atomic E-state index is 5.52. The Morgan fingerprint density at radius 2 is 2.20 bits per heavy atom. The van der Waals surface area contributed by atoms with Crippen LogP contribution >= 0.6 is 11.3 Å². The fraction of sp³-hybridized carbons (Fsp3) is 0.167. The van der Waals surface area contributed by atoms with E-state index in [9.17, 15) is 0 Å². The fourth-order valence-corrected chi connectivity index (χ4v) is 2.83. The van der Waals surface area contributed by atoms with E-state index < -0.39 is 0 Å². The molecule has 0 fully saturated rings. The molecule has 0 spiro atoms. The van der Waals surface area contributed by atoms with Crippen LogP contribution in [0.3, 0.4) is 0 Å². The second-order valence-electron chi connectivity index (χ2n) is 3.63. The van der Waals surface area contributed by atoms with Crippen LogP contribution in [0.2, 0.25) is 0 Å². The van der Waals surface area contributed by atoms with E-state index in [4.69, 9.17) is 5.84 Å². The van der Waals surface area contributed by atoms with Gasteiger partial charge in [0.1, 0.15) is 0 Å². The van der Waals surface area contributed by atoms with Gasteiger partial charge < -0.3 is 0 Å². The topological polar surface area (TPSA) is 38.0 Å². The van der Waals surface area contributed by atoms with E-state index in [-0.39, 0.29) is 6.04 Å². The molecule has 0 saturated carbocycles.